The maximum Gasteiger partial charge on any atom is 0.131 e. The highest BCUT2D eigenvalue weighted by atomic mass is 16.5. The number of benzene rings is 4. The van der Waals surface area contributed by atoms with Gasteiger partial charge in [0.1, 0.15) is 24.7 Å². The number of hydrogen-bond acceptors (Lipinski definition) is 2. The molecule has 2 heteroatoms. The van der Waals surface area contributed by atoms with E-state index in [1.807, 2.05) is 12.2 Å². The second-order valence-corrected chi connectivity index (χ2v) is 8.11. The van der Waals surface area contributed by atoms with Gasteiger partial charge >= 0.3 is 0 Å². The molecular formula is C32H30O2. The molecule has 0 aliphatic rings. The molecule has 0 N–H and O–H groups in total. The molecule has 0 saturated heterocycles. The summed E-state index contributed by atoms with van der Waals surface area (Å²) in [6.07, 6.45) is 8.76. The molecule has 0 aliphatic carbocycles. The van der Waals surface area contributed by atoms with Crippen molar-refractivity contribution >= 4 is 21.5 Å². The van der Waals surface area contributed by atoms with E-state index in [2.05, 4.69) is 87.0 Å². The topological polar surface area (TPSA) is 18.5 Å². The molecule has 34 heavy (non-hydrogen) atoms. The van der Waals surface area contributed by atoms with Gasteiger partial charge in [-0.1, -0.05) is 86.0 Å². The lowest BCUT2D eigenvalue weighted by Gasteiger charge is -2.23. The molecule has 2 nitrogen and oxygen atoms in total. The smallest absolute Gasteiger partial charge is 0.131 e. The van der Waals surface area contributed by atoms with E-state index in [0.717, 1.165) is 55.3 Å². The highest BCUT2D eigenvalue weighted by Gasteiger charge is 2.23. The number of ether oxygens (including phenoxy) is 2. The minimum atomic E-state index is 0.405. The summed E-state index contributed by atoms with van der Waals surface area (Å²) in [5.74, 6) is 1.67. The van der Waals surface area contributed by atoms with Crippen molar-refractivity contribution in [2.75, 3.05) is 13.2 Å². The van der Waals surface area contributed by atoms with Gasteiger partial charge in [-0.05, 0) is 57.6 Å². The van der Waals surface area contributed by atoms with E-state index in [1.165, 1.54) is 0 Å². The van der Waals surface area contributed by atoms with Crippen molar-refractivity contribution in [2.45, 2.75) is 12.8 Å². The van der Waals surface area contributed by atoms with Crippen molar-refractivity contribution < 1.29 is 9.47 Å². The molecule has 0 unspecified atom stereocenters. The lowest BCUT2D eigenvalue weighted by atomic mass is 9.87. The third kappa shape index (κ3) is 4.40. The average Bonchev–Trinajstić information content (AvgIpc) is 2.86. The minimum Gasteiger partial charge on any atom is -0.489 e. The summed E-state index contributed by atoms with van der Waals surface area (Å²) in [6.45, 7) is 16.5. The van der Waals surface area contributed by atoms with E-state index in [4.69, 9.17) is 9.47 Å². The number of hydrogen-bond donors (Lipinski definition) is 0. The van der Waals surface area contributed by atoms with E-state index >= 15 is 0 Å². The Labute approximate surface area is 202 Å². The highest BCUT2D eigenvalue weighted by Crippen LogP contribution is 2.48. The van der Waals surface area contributed by atoms with Crippen LogP contribution in [0.2, 0.25) is 0 Å². The van der Waals surface area contributed by atoms with Crippen LogP contribution in [0.5, 0.6) is 11.5 Å². The Hall–Kier alpha value is -4.04. The van der Waals surface area contributed by atoms with Gasteiger partial charge in [0.25, 0.3) is 0 Å². The highest BCUT2D eigenvalue weighted by molar-refractivity contribution is 6.10. The summed E-state index contributed by atoms with van der Waals surface area (Å²) in [6, 6.07) is 21.2. The quantitative estimate of drug-likeness (QED) is 0.216. The largest absolute Gasteiger partial charge is 0.489 e. The summed E-state index contributed by atoms with van der Waals surface area (Å²) in [5.41, 5.74) is 4.22. The van der Waals surface area contributed by atoms with Crippen LogP contribution < -0.4 is 9.47 Å². The molecule has 0 atom stereocenters. The number of fused-ring (bicyclic) bond motifs is 2. The van der Waals surface area contributed by atoms with E-state index in [-0.39, 0.29) is 0 Å². The van der Waals surface area contributed by atoms with Gasteiger partial charge in [0, 0.05) is 11.1 Å². The Kier molecular flexibility index (Phi) is 7.29. The normalized spacial score (nSPS) is 10.7. The molecule has 0 saturated carbocycles. The van der Waals surface area contributed by atoms with Gasteiger partial charge in [0.15, 0.2) is 0 Å². The van der Waals surface area contributed by atoms with Crippen LogP contribution in [0.3, 0.4) is 0 Å². The van der Waals surface area contributed by atoms with Crippen LogP contribution in [0, 0.1) is 0 Å². The first-order valence-electron chi connectivity index (χ1n) is 11.5. The first-order valence-corrected chi connectivity index (χ1v) is 11.5. The van der Waals surface area contributed by atoms with E-state index in [1.54, 1.807) is 12.2 Å². The maximum absolute atomic E-state index is 6.38. The molecule has 0 fully saturated rings. The fourth-order valence-electron chi connectivity index (χ4n) is 4.50. The van der Waals surface area contributed by atoms with Gasteiger partial charge in [-0.25, -0.2) is 0 Å². The molecule has 4 rings (SSSR count). The molecule has 0 spiro atoms. The van der Waals surface area contributed by atoms with Gasteiger partial charge in [-0.3, -0.25) is 0 Å². The summed E-state index contributed by atoms with van der Waals surface area (Å²) < 4.78 is 12.8. The molecular weight excluding hydrogens is 416 g/mol. The van der Waals surface area contributed by atoms with Gasteiger partial charge in [0.2, 0.25) is 0 Å². The fourth-order valence-corrected chi connectivity index (χ4v) is 4.50. The van der Waals surface area contributed by atoms with Crippen molar-refractivity contribution in [1.29, 1.82) is 0 Å². The lowest BCUT2D eigenvalue weighted by molar-refractivity contribution is 0.356. The van der Waals surface area contributed by atoms with Gasteiger partial charge in [0.05, 0.1) is 0 Å². The molecule has 170 valence electrons. The summed E-state index contributed by atoms with van der Waals surface area (Å²) in [4.78, 5) is 0. The maximum atomic E-state index is 6.38. The Morgan fingerprint density at radius 3 is 1.35 bits per heavy atom. The molecule has 4 aromatic carbocycles. The molecule has 0 aromatic heterocycles. The second-order valence-electron chi connectivity index (χ2n) is 8.11. The van der Waals surface area contributed by atoms with Crippen molar-refractivity contribution in [3.05, 3.63) is 122 Å². The van der Waals surface area contributed by atoms with E-state index in [9.17, 15) is 0 Å². The van der Waals surface area contributed by atoms with Crippen LogP contribution in [0.15, 0.2) is 111 Å². The van der Waals surface area contributed by atoms with Crippen molar-refractivity contribution in [2.24, 2.45) is 0 Å². The predicted octanol–water partition coefficient (Wildman–Crippen LogP) is 8.25. The monoisotopic (exact) mass is 446 g/mol. The third-order valence-electron chi connectivity index (χ3n) is 5.83. The Balaban J connectivity index is 2.22. The van der Waals surface area contributed by atoms with Crippen LogP contribution in [0.1, 0.15) is 11.1 Å². The van der Waals surface area contributed by atoms with Gasteiger partial charge in [-0.2, -0.15) is 0 Å². The first kappa shape index (κ1) is 23.1. The van der Waals surface area contributed by atoms with E-state index in [0.29, 0.717) is 26.1 Å². The molecule has 0 radical (unpaired) electrons. The van der Waals surface area contributed by atoms with Gasteiger partial charge in [-0.15, -0.1) is 13.2 Å². The second kappa shape index (κ2) is 10.7. The molecule has 0 bridgehead atoms. The summed E-state index contributed by atoms with van der Waals surface area (Å²) in [5, 5.41) is 4.51. The first-order chi connectivity index (χ1) is 16.7. The van der Waals surface area contributed by atoms with Crippen LogP contribution >= 0.6 is 0 Å². The predicted molar refractivity (Wildman–Crippen MR) is 146 cm³/mol. The van der Waals surface area contributed by atoms with Crippen molar-refractivity contribution in [3.63, 3.8) is 0 Å². The van der Waals surface area contributed by atoms with Crippen molar-refractivity contribution in [3.8, 4) is 22.6 Å². The SMILES string of the molecule is C=CCOc1c(CC=C)cc2ccccc2c1-c1c(OCC=C)c(CC=C)cc2ccccc12. The lowest BCUT2D eigenvalue weighted by Crippen LogP contribution is -2.04. The fraction of sp³-hybridized carbons (Fsp3) is 0.125. The standard InChI is InChI=1S/C32H30O2/c1-5-13-25-21-23-15-9-11-17-27(23)29(31(25)33-19-7-3)30-28-18-12-10-16-24(28)22-26(14-6-2)32(30)34-20-8-4/h5-12,15-18,21-22H,1-4,13-14,19-20H2. The van der Waals surface area contributed by atoms with Crippen LogP contribution in [-0.4, -0.2) is 13.2 Å². The Morgan fingerprint density at radius 1 is 0.559 bits per heavy atom. The van der Waals surface area contributed by atoms with E-state index < -0.39 is 0 Å². The number of rotatable bonds is 11. The summed E-state index contributed by atoms with van der Waals surface area (Å²) >= 11 is 0. The summed E-state index contributed by atoms with van der Waals surface area (Å²) in [7, 11) is 0. The van der Waals surface area contributed by atoms with Crippen LogP contribution in [-0.2, 0) is 12.8 Å². The Bertz CT molecular complexity index is 1270. The zero-order valence-electron chi connectivity index (χ0n) is 19.6. The Morgan fingerprint density at radius 2 is 0.971 bits per heavy atom. The van der Waals surface area contributed by atoms with Crippen LogP contribution in [0.25, 0.3) is 32.7 Å². The molecule has 0 amide bonds. The van der Waals surface area contributed by atoms with Crippen molar-refractivity contribution in [1.82, 2.24) is 0 Å². The average molecular weight is 447 g/mol. The zero-order valence-corrected chi connectivity index (χ0v) is 19.6. The van der Waals surface area contributed by atoms with Gasteiger partial charge < -0.3 is 9.47 Å². The molecule has 0 heterocycles. The van der Waals surface area contributed by atoms with Crippen LogP contribution in [0.4, 0.5) is 0 Å². The molecule has 0 aliphatic heterocycles. The molecule has 4 aromatic rings. The third-order valence-corrected chi connectivity index (χ3v) is 5.83. The number of allylic oxidation sites excluding steroid dienone is 2. The minimum absolute atomic E-state index is 0.405. The zero-order chi connectivity index (χ0) is 23.9.